The Kier molecular flexibility index (Phi) is 28.5. The van der Waals surface area contributed by atoms with Crippen LogP contribution in [0.5, 0.6) is 0 Å². The smallest absolute Gasteiger partial charge is 0.273 e. The van der Waals surface area contributed by atoms with Gasteiger partial charge in [0.15, 0.2) is 0 Å². The maximum atomic E-state index is 13.4. The number of rotatable bonds is 21. The molecule has 4 aliphatic rings. The highest BCUT2D eigenvalue weighted by molar-refractivity contribution is 7.79. The minimum Gasteiger partial charge on any atom is -0.273 e. The minimum absolute atomic E-state index is 0.0984. The number of nitrogens with zero attached hydrogens (tertiary/aromatic N) is 8. The lowest BCUT2D eigenvalue weighted by Crippen LogP contribution is -2.60. The Morgan fingerprint density at radius 1 is 0.218 bits per heavy atom. The lowest BCUT2D eigenvalue weighted by atomic mass is 9.93. The van der Waals surface area contributed by atoms with Crippen LogP contribution in [-0.2, 0) is 96.0 Å². The average molecular weight is 1690 g/mol. The second kappa shape index (κ2) is 40.4. The van der Waals surface area contributed by atoms with Gasteiger partial charge in [0.1, 0.15) is 23.7 Å². The first kappa shape index (κ1) is 87.5. The molecule has 624 valence electrons. The molecule has 0 N–H and O–H groups in total. The highest BCUT2D eigenvalue weighted by Crippen LogP contribution is 2.35. The second-order valence-corrected chi connectivity index (χ2v) is 31.7. The first-order valence-corrected chi connectivity index (χ1v) is 41.6. The van der Waals surface area contributed by atoms with Gasteiger partial charge >= 0.3 is 24.1 Å². The zero-order valence-corrected chi connectivity index (χ0v) is 70.7. The monoisotopic (exact) mass is 1690 g/mol. The van der Waals surface area contributed by atoms with Crippen molar-refractivity contribution >= 4 is 118 Å². The summed E-state index contributed by atoms with van der Waals surface area (Å²) in [7, 11) is 0. The summed E-state index contributed by atoms with van der Waals surface area (Å²) in [5.41, 5.74) is 14.9. The van der Waals surface area contributed by atoms with Crippen molar-refractivity contribution in [1.29, 1.82) is 0 Å². The van der Waals surface area contributed by atoms with Crippen LogP contribution in [0.3, 0.4) is 0 Å². The number of carbonyl (C=O) groups is 12. The van der Waals surface area contributed by atoms with E-state index in [0.29, 0.717) is 33.5 Å². The van der Waals surface area contributed by atoms with Gasteiger partial charge in [-0.3, -0.25) is 58.0 Å². The molecular formula is C102H91ClN8O12S. The Labute approximate surface area is 730 Å². The number of amides is 16. The van der Waals surface area contributed by atoms with Crippen molar-refractivity contribution in [1.82, 2.24) is 19.6 Å². The summed E-state index contributed by atoms with van der Waals surface area (Å²) in [6, 6.07) is 95.2. The highest BCUT2D eigenvalue weighted by atomic mass is 35.5. The molecule has 16 amide bonds. The fourth-order valence-corrected chi connectivity index (χ4v) is 15.1. The molecule has 16 rings (SSSR count). The van der Waals surface area contributed by atoms with E-state index in [1.165, 1.54) is 14.7 Å². The fraction of sp³-hybridized carbons (Fsp3) is 0.176. The Morgan fingerprint density at radius 3 is 0.629 bits per heavy atom. The first-order valence-electron chi connectivity index (χ1n) is 40.6. The summed E-state index contributed by atoms with van der Waals surface area (Å²) in [5, 5.41) is 0.494. The van der Waals surface area contributed by atoms with Crippen molar-refractivity contribution in [3.8, 4) is 0 Å². The average Bonchev–Trinajstić information content (AvgIpc) is 0.774. The number of anilines is 4. The van der Waals surface area contributed by atoms with E-state index in [9.17, 15) is 57.5 Å². The highest BCUT2D eigenvalue weighted by Gasteiger charge is 2.51. The topological polar surface area (TPSA) is 231 Å². The van der Waals surface area contributed by atoms with Gasteiger partial charge < -0.3 is 0 Å². The normalized spacial score (nSPS) is 16.7. The van der Waals surface area contributed by atoms with Crippen molar-refractivity contribution in [2.24, 2.45) is 23.7 Å². The molecule has 20 nitrogen and oxygen atoms in total. The van der Waals surface area contributed by atoms with E-state index in [0.717, 1.165) is 102 Å². The van der Waals surface area contributed by atoms with Crippen LogP contribution in [0.25, 0.3) is 0 Å². The van der Waals surface area contributed by atoms with Gasteiger partial charge in [0.25, 0.3) is 0 Å². The zero-order chi connectivity index (χ0) is 87.7. The van der Waals surface area contributed by atoms with Crippen LogP contribution in [0.15, 0.2) is 322 Å². The largest absolute Gasteiger partial charge is 0.338 e. The summed E-state index contributed by atoms with van der Waals surface area (Å²) in [5.74, 6) is -7.15. The molecule has 4 atom stereocenters. The maximum Gasteiger partial charge on any atom is 0.338 e. The SMILES string of the molecule is Cc1ccc(CC2C(=O)N(Cc3ccc(C)cc3)C(=O)N(c3ccc(C)cc3)C2=O)cc1.Cc1ccc(CN2C(=O)C(Cc3ccccc3)C(=O)N(c3ccc(C)cc3)C2=O)cc1.O=C1C(Cc2ccccc2)C(=O)N(c2ccc(CS)cc2)C(=O)N1Cc1ccccc1.O=C1C(Cc2ccccc2)C(=O)N(c2ccc(Cl)cc2)C(=O)N1Cc1ccccc1. The third kappa shape index (κ3) is 21.0. The quantitative estimate of drug-likeness (QED) is 0.0523. The van der Waals surface area contributed by atoms with Gasteiger partial charge in [-0.05, 0) is 171 Å². The predicted octanol–water partition coefficient (Wildman–Crippen LogP) is 18.8. The third-order valence-electron chi connectivity index (χ3n) is 21.8. The zero-order valence-electron chi connectivity index (χ0n) is 69.1. The van der Waals surface area contributed by atoms with E-state index in [1.807, 2.05) is 295 Å². The minimum atomic E-state index is -0.982. The Balaban J connectivity index is 0.000000142. The van der Waals surface area contributed by atoms with E-state index in [1.54, 1.807) is 60.7 Å². The number of aryl methyl sites for hydroxylation is 5. The molecular weight excluding hydrogens is 1600 g/mol. The van der Waals surface area contributed by atoms with Gasteiger partial charge in [0, 0.05) is 10.8 Å². The Hall–Kier alpha value is -14.3. The van der Waals surface area contributed by atoms with E-state index < -0.39 is 95.1 Å². The molecule has 12 aromatic rings. The molecule has 22 heteroatoms. The van der Waals surface area contributed by atoms with Crippen molar-refractivity contribution in [3.63, 3.8) is 0 Å². The van der Waals surface area contributed by atoms with Crippen LogP contribution in [-0.4, -0.2) is 91.0 Å². The molecule has 4 saturated heterocycles. The first-order chi connectivity index (χ1) is 59.9. The number of carbonyl (C=O) groups excluding carboxylic acids is 12. The fourth-order valence-electron chi connectivity index (χ4n) is 14.8. The summed E-state index contributed by atoms with van der Waals surface area (Å²) in [6.45, 7) is 10.3. The summed E-state index contributed by atoms with van der Waals surface area (Å²) in [4.78, 5) is 169. The number of thiol groups is 1. The van der Waals surface area contributed by atoms with E-state index in [2.05, 4.69) is 12.6 Å². The van der Waals surface area contributed by atoms with Crippen molar-refractivity contribution < 1.29 is 57.5 Å². The van der Waals surface area contributed by atoms with E-state index in [-0.39, 0.29) is 51.9 Å². The molecule has 12 aromatic carbocycles. The van der Waals surface area contributed by atoms with Crippen molar-refractivity contribution in [2.75, 3.05) is 19.6 Å². The van der Waals surface area contributed by atoms with Gasteiger partial charge in [0.05, 0.1) is 48.9 Å². The molecule has 124 heavy (non-hydrogen) atoms. The molecule has 4 heterocycles. The lowest BCUT2D eigenvalue weighted by molar-refractivity contribution is -0.143. The van der Waals surface area contributed by atoms with Gasteiger partial charge in [-0.25, -0.2) is 38.8 Å². The molecule has 4 unspecified atom stereocenters. The lowest BCUT2D eigenvalue weighted by Gasteiger charge is -2.37. The molecule has 0 aromatic heterocycles. The Morgan fingerprint density at radius 2 is 0.395 bits per heavy atom. The van der Waals surface area contributed by atoms with Gasteiger partial charge in [0.2, 0.25) is 47.3 Å². The van der Waals surface area contributed by atoms with Crippen LogP contribution in [0, 0.1) is 58.3 Å². The Bertz CT molecular complexity index is 5610. The summed E-state index contributed by atoms with van der Waals surface area (Å²) in [6.07, 6.45) is 0.958. The van der Waals surface area contributed by atoms with Gasteiger partial charge in [-0.2, -0.15) is 12.6 Å². The van der Waals surface area contributed by atoms with Gasteiger partial charge in [-0.15, -0.1) is 0 Å². The third-order valence-corrected chi connectivity index (χ3v) is 22.4. The molecule has 0 radical (unpaired) electrons. The van der Waals surface area contributed by atoms with Crippen LogP contribution in [0.2, 0.25) is 5.02 Å². The van der Waals surface area contributed by atoms with Crippen LogP contribution >= 0.6 is 24.2 Å². The second-order valence-electron chi connectivity index (χ2n) is 30.9. The number of imide groups is 8. The maximum absolute atomic E-state index is 13.4. The predicted molar refractivity (Wildman–Crippen MR) is 481 cm³/mol. The molecule has 0 saturated carbocycles. The number of hydrogen-bond acceptors (Lipinski definition) is 13. The van der Waals surface area contributed by atoms with Crippen LogP contribution in [0.1, 0.15) is 77.9 Å². The summed E-state index contributed by atoms with van der Waals surface area (Å²) < 4.78 is 0. The number of halogens is 1. The molecule has 4 fully saturated rings. The van der Waals surface area contributed by atoms with Crippen molar-refractivity contribution in [3.05, 3.63) is 404 Å². The summed E-state index contributed by atoms with van der Waals surface area (Å²) >= 11 is 10.2. The molecule has 0 spiro atoms. The van der Waals surface area contributed by atoms with Crippen LogP contribution < -0.4 is 19.6 Å². The number of benzene rings is 12. The van der Waals surface area contributed by atoms with Crippen LogP contribution in [0.4, 0.5) is 41.9 Å². The number of barbiturate groups is 4. The molecule has 0 bridgehead atoms. The molecule has 0 aliphatic carbocycles. The van der Waals surface area contributed by atoms with Crippen molar-refractivity contribution in [2.45, 2.75) is 92.2 Å². The number of urea groups is 4. The van der Waals surface area contributed by atoms with E-state index in [4.69, 9.17) is 11.6 Å². The van der Waals surface area contributed by atoms with E-state index >= 15 is 0 Å². The standard InChI is InChI=1S/C27H26N2O3.C26H24N2O3.C25H22N2O3S.C24H19ClN2O3/c1-18-4-10-21(11-5-18)16-24-25(30)28(17-22-12-6-19(2)7-13-22)27(32)29(26(24)31)23-14-8-20(3)9-15-23;1-18-8-12-21(13-9-18)17-27-24(29)23(16-20-6-4-3-5-7-20)25(30)28(26(27)31)22-14-10-19(2)11-15-22;28-23-22(15-18-7-3-1-4-8-18)24(29)27(21-13-11-20(17-31)12-14-21)25(30)26(23)16-19-9-5-2-6-10-19;25-19-11-13-20(14-12-19)27-23(29)21(15-17-7-3-1-4-8-17)22(28)26(24(27)30)16-18-9-5-2-6-10-18/h4-15,24H,16-17H2,1-3H3;3-15,23H,16-17H2,1-2H3;1-14,22,31H,15-17H2;1-14,21H,15-16H2. The number of hydrogen-bond donors (Lipinski definition) is 1. The molecule has 4 aliphatic heterocycles. The van der Waals surface area contributed by atoms with Gasteiger partial charge in [-0.1, -0.05) is 300 Å².